The van der Waals surface area contributed by atoms with E-state index < -0.39 is 41.5 Å². The number of benzene rings is 2. The number of halogens is 7. The maximum atomic E-state index is 13.7. The zero-order valence-corrected chi connectivity index (χ0v) is 20.2. The fourth-order valence-electron chi connectivity index (χ4n) is 5.62. The van der Waals surface area contributed by atoms with Crippen LogP contribution in [0.2, 0.25) is 0 Å². The lowest BCUT2D eigenvalue weighted by Gasteiger charge is -2.41. The Bertz CT molecular complexity index is 1090. The number of alkyl halides is 6. The Hall–Kier alpha value is -2.82. The van der Waals surface area contributed by atoms with Crippen LogP contribution in [0.4, 0.5) is 35.5 Å². The lowest BCUT2D eigenvalue weighted by molar-refractivity contribution is -0.143. The van der Waals surface area contributed by atoms with Crippen LogP contribution in [0, 0.1) is 17.7 Å². The van der Waals surface area contributed by atoms with Gasteiger partial charge in [-0.1, -0.05) is 12.1 Å². The van der Waals surface area contributed by atoms with Crippen molar-refractivity contribution in [1.29, 1.82) is 0 Å². The summed E-state index contributed by atoms with van der Waals surface area (Å²) in [4.78, 5) is 13.9. The Morgan fingerprint density at radius 2 is 1.57 bits per heavy atom. The van der Waals surface area contributed by atoms with Crippen LogP contribution in [0.15, 0.2) is 42.5 Å². The van der Waals surface area contributed by atoms with Crippen molar-refractivity contribution in [3.8, 4) is 0 Å². The first-order valence-electron chi connectivity index (χ1n) is 11.9. The van der Waals surface area contributed by atoms with Gasteiger partial charge in [0.05, 0.1) is 23.3 Å². The van der Waals surface area contributed by atoms with Crippen molar-refractivity contribution in [3.05, 3.63) is 70.5 Å². The van der Waals surface area contributed by atoms with E-state index in [0.717, 1.165) is 5.56 Å². The van der Waals surface area contributed by atoms with Gasteiger partial charge < -0.3 is 15.0 Å². The van der Waals surface area contributed by atoms with Crippen LogP contribution < -0.4 is 5.32 Å². The van der Waals surface area contributed by atoms with Crippen molar-refractivity contribution in [3.63, 3.8) is 0 Å². The first kappa shape index (κ1) is 27.2. The summed E-state index contributed by atoms with van der Waals surface area (Å²) in [6.07, 6.45) is -10.4. The molecule has 1 N–H and O–H groups in total. The van der Waals surface area contributed by atoms with E-state index in [4.69, 9.17) is 4.74 Å². The van der Waals surface area contributed by atoms with E-state index in [-0.39, 0.29) is 35.4 Å². The molecule has 1 aliphatic heterocycles. The van der Waals surface area contributed by atoms with Gasteiger partial charge in [-0.2, -0.15) is 26.3 Å². The highest BCUT2D eigenvalue weighted by atomic mass is 19.4. The van der Waals surface area contributed by atoms with Gasteiger partial charge >= 0.3 is 18.4 Å². The number of amides is 2. The number of rotatable bonds is 4. The summed E-state index contributed by atoms with van der Waals surface area (Å²) in [6, 6.07) is 7.04. The number of hydrogen-bond donors (Lipinski definition) is 1. The molecule has 2 amide bonds. The van der Waals surface area contributed by atoms with E-state index in [1.54, 1.807) is 17.0 Å². The standard InChI is InChI=1S/C26H27F7N2O2/c1-14(17-9-18(25(28,29)30)11-19(10-17)26(31,32)33)37-22-8-5-16-12-35(24(36)34-2)13-21(16)23(22)15-3-6-20(27)7-4-15/h3-4,6-7,9-11,14,16,21-23H,5,8,12-13H2,1-2H3,(H,34,36)/t14?,16-,21-,22+,23+/m1/s1. The molecule has 2 aromatic carbocycles. The Balaban J connectivity index is 1.66. The second-order valence-electron chi connectivity index (χ2n) is 9.69. The third kappa shape index (κ3) is 5.86. The molecule has 1 saturated heterocycles. The maximum Gasteiger partial charge on any atom is 0.416 e. The molecular weight excluding hydrogens is 505 g/mol. The van der Waals surface area contributed by atoms with Crippen molar-refractivity contribution in [2.45, 2.75) is 50.2 Å². The molecule has 11 heteroatoms. The highest BCUT2D eigenvalue weighted by Gasteiger charge is 2.47. The number of likely N-dealkylation sites (tertiary alicyclic amines) is 1. The minimum atomic E-state index is -4.96. The number of carbonyl (C=O) groups is 1. The molecule has 4 rings (SSSR count). The second-order valence-corrected chi connectivity index (χ2v) is 9.69. The predicted octanol–water partition coefficient (Wildman–Crippen LogP) is 6.77. The number of hydrogen-bond acceptors (Lipinski definition) is 2. The minimum absolute atomic E-state index is 0.0686. The average molecular weight is 532 g/mol. The van der Waals surface area contributed by atoms with Crippen molar-refractivity contribution in [2.24, 2.45) is 11.8 Å². The van der Waals surface area contributed by atoms with Crippen molar-refractivity contribution < 1.29 is 40.3 Å². The zero-order chi connectivity index (χ0) is 27.1. The van der Waals surface area contributed by atoms with Crippen LogP contribution in [0.25, 0.3) is 0 Å². The van der Waals surface area contributed by atoms with E-state index in [0.29, 0.717) is 38.1 Å². The van der Waals surface area contributed by atoms with Gasteiger partial charge in [0.25, 0.3) is 0 Å². The van der Waals surface area contributed by atoms with Gasteiger partial charge in [-0.25, -0.2) is 9.18 Å². The molecule has 202 valence electrons. The number of carbonyl (C=O) groups excluding carboxylic acids is 1. The van der Waals surface area contributed by atoms with Gasteiger partial charge in [0.2, 0.25) is 0 Å². The summed E-state index contributed by atoms with van der Waals surface area (Å²) in [5, 5.41) is 2.60. The smallest absolute Gasteiger partial charge is 0.370 e. The quantitative estimate of drug-likeness (QED) is 0.442. The van der Waals surface area contributed by atoms with E-state index in [2.05, 4.69) is 5.32 Å². The Morgan fingerprint density at radius 3 is 2.11 bits per heavy atom. The molecule has 1 aliphatic carbocycles. The molecule has 4 nitrogen and oxygen atoms in total. The topological polar surface area (TPSA) is 41.6 Å². The lowest BCUT2D eigenvalue weighted by Crippen LogP contribution is -2.39. The Labute approximate surface area is 209 Å². The number of nitrogens with zero attached hydrogens (tertiary/aromatic N) is 1. The molecule has 2 aliphatic rings. The van der Waals surface area contributed by atoms with Crippen LogP contribution in [-0.4, -0.2) is 37.2 Å². The Kier molecular flexibility index (Phi) is 7.47. The van der Waals surface area contributed by atoms with Gasteiger partial charge in [0.15, 0.2) is 0 Å². The Morgan fingerprint density at radius 1 is 0.973 bits per heavy atom. The first-order valence-corrected chi connectivity index (χ1v) is 11.9. The van der Waals surface area contributed by atoms with Gasteiger partial charge in [-0.15, -0.1) is 0 Å². The van der Waals surface area contributed by atoms with Crippen LogP contribution in [0.3, 0.4) is 0 Å². The minimum Gasteiger partial charge on any atom is -0.370 e. The van der Waals surface area contributed by atoms with E-state index in [1.807, 2.05) is 0 Å². The van der Waals surface area contributed by atoms with Gasteiger partial charge in [-0.05, 0) is 73.1 Å². The number of ether oxygens (including phenoxy) is 1. The van der Waals surface area contributed by atoms with E-state index in [1.165, 1.54) is 26.1 Å². The normalized spacial score (nSPS) is 25.1. The van der Waals surface area contributed by atoms with E-state index in [9.17, 15) is 35.5 Å². The number of nitrogens with one attached hydrogen (secondary N) is 1. The number of urea groups is 1. The highest BCUT2D eigenvalue weighted by Crippen LogP contribution is 2.48. The van der Waals surface area contributed by atoms with Crippen LogP contribution in [0.1, 0.15) is 54.0 Å². The molecule has 0 aromatic heterocycles. The molecule has 5 atom stereocenters. The van der Waals surface area contributed by atoms with Crippen molar-refractivity contribution >= 4 is 6.03 Å². The summed E-state index contributed by atoms with van der Waals surface area (Å²) in [6.45, 7) is 2.35. The summed E-state index contributed by atoms with van der Waals surface area (Å²) in [5.74, 6) is -0.706. The zero-order valence-electron chi connectivity index (χ0n) is 20.2. The molecule has 0 bridgehead atoms. The van der Waals surface area contributed by atoms with Gasteiger partial charge in [-0.3, -0.25) is 0 Å². The fourth-order valence-corrected chi connectivity index (χ4v) is 5.62. The predicted molar refractivity (Wildman–Crippen MR) is 121 cm³/mol. The third-order valence-corrected chi connectivity index (χ3v) is 7.39. The molecule has 0 spiro atoms. The van der Waals surface area contributed by atoms with Gasteiger partial charge in [0, 0.05) is 26.1 Å². The van der Waals surface area contributed by atoms with Crippen LogP contribution in [-0.2, 0) is 17.1 Å². The summed E-state index contributed by atoms with van der Waals surface area (Å²) < 4.78 is 100. The molecule has 1 saturated carbocycles. The largest absolute Gasteiger partial charge is 0.416 e. The monoisotopic (exact) mass is 532 g/mol. The maximum absolute atomic E-state index is 13.7. The van der Waals surface area contributed by atoms with Gasteiger partial charge in [0.1, 0.15) is 5.82 Å². The SMILES string of the molecule is CNC(=O)N1C[C@H]2CC[C@H](OC(C)c3cc(C(F)(F)F)cc(C(F)(F)F)c3)[C@@H](c3ccc(F)cc3)[C@@H]2C1. The molecule has 1 unspecified atom stereocenters. The molecule has 2 aromatic rings. The third-order valence-electron chi connectivity index (χ3n) is 7.39. The molecule has 0 radical (unpaired) electrons. The molecule has 1 heterocycles. The summed E-state index contributed by atoms with van der Waals surface area (Å²) in [5.41, 5.74) is -2.29. The summed E-state index contributed by atoms with van der Waals surface area (Å²) in [7, 11) is 1.53. The fraction of sp³-hybridized carbons (Fsp3) is 0.500. The van der Waals surface area contributed by atoms with Crippen LogP contribution in [0.5, 0.6) is 0 Å². The second kappa shape index (κ2) is 10.2. The van der Waals surface area contributed by atoms with Crippen molar-refractivity contribution in [1.82, 2.24) is 10.2 Å². The lowest BCUT2D eigenvalue weighted by atomic mass is 9.69. The van der Waals surface area contributed by atoms with Crippen LogP contribution >= 0.6 is 0 Å². The first-order chi connectivity index (χ1) is 17.3. The number of fused-ring (bicyclic) bond motifs is 1. The molecular formula is C26H27F7N2O2. The highest BCUT2D eigenvalue weighted by molar-refractivity contribution is 5.74. The molecule has 37 heavy (non-hydrogen) atoms. The van der Waals surface area contributed by atoms with Crippen molar-refractivity contribution in [2.75, 3.05) is 20.1 Å². The summed E-state index contributed by atoms with van der Waals surface area (Å²) >= 11 is 0. The molecule has 2 fully saturated rings. The average Bonchev–Trinajstić information content (AvgIpc) is 3.27. The van der Waals surface area contributed by atoms with E-state index >= 15 is 0 Å².